The Kier molecular flexibility index (Phi) is 4.11. The first kappa shape index (κ1) is 13.0. The zero-order valence-electron chi connectivity index (χ0n) is 10.5. The summed E-state index contributed by atoms with van der Waals surface area (Å²) in [5, 5.41) is 11.2. The van der Waals surface area contributed by atoms with Gasteiger partial charge in [-0.1, -0.05) is 0 Å². The molecule has 0 atom stereocenters. The lowest BCUT2D eigenvalue weighted by Crippen LogP contribution is -2.12. The first-order chi connectivity index (χ1) is 8.01. The third kappa shape index (κ3) is 2.76. The molecule has 4 heteroatoms. The van der Waals surface area contributed by atoms with Crippen LogP contribution in [-0.2, 0) is 4.79 Å². The van der Waals surface area contributed by atoms with Gasteiger partial charge in [0.15, 0.2) is 0 Å². The molecule has 1 aromatic rings. The van der Waals surface area contributed by atoms with Crippen molar-refractivity contribution in [3.05, 3.63) is 22.8 Å². The number of hydrogen-bond acceptors (Lipinski definition) is 3. The molecule has 0 saturated carbocycles. The summed E-state index contributed by atoms with van der Waals surface area (Å²) in [6.07, 6.45) is -0.135. The minimum Gasteiger partial charge on any atom is -0.496 e. The SMILES string of the molecule is COc1c(C)cc(NC(=O)CC#N)c(C)c1C. The van der Waals surface area contributed by atoms with Gasteiger partial charge < -0.3 is 10.1 Å². The molecule has 0 unspecified atom stereocenters. The average Bonchev–Trinajstić information content (AvgIpc) is 2.26. The Bertz CT molecular complexity index is 487. The highest BCUT2D eigenvalue weighted by Gasteiger charge is 2.12. The van der Waals surface area contributed by atoms with Crippen LogP contribution in [0.5, 0.6) is 5.75 Å². The largest absolute Gasteiger partial charge is 0.496 e. The van der Waals surface area contributed by atoms with Crippen molar-refractivity contribution in [2.75, 3.05) is 12.4 Å². The van der Waals surface area contributed by atoms with Gasteiger partial charge in [-0.15, -0.1) is 0 Å². The van der Waals surface area contributed by atoms with Gasteiger partial charge in [-0.3, -0.25) is 4.79 Å². The van der Waals surface area contributed by atoms with Crippen LogP contribution in [0.4, 0.5) is 5.69 Å². The Labute approximate surface area is 101 Å². The predicted octanol–water partition coefficient (Wildman–Crippen LogP) is 2.47. The van der Waals surface area contributed by atoms with E-state index < -0.39 is 0 Å². The van der Waals surface area contributed by atoms with Crippen LogP contribution >= 0.6 is 0 Å². The number of aryl methyl sites for hydroxylation is 1. The third-order valence-electron chi connectivity index (χ3n) is 2.74. The maximum atomic E-state index is 11.4. The fourth-order valence-corrected chi connectivity index (χ4v) is 1.77. The Balaban J connectivity index is 3.11. The number of ether oxygens (including phenoxy) is 1. The van der Waals surface area contributed by atoms with Gasteiger partial charge in [0, 0.05) is 5.69 Å². The number of rotatable bonds is 3. The van der Waals surface area contributed by atoms with Crippen LogP contribution in [0.25, 0.3) is 0 Å². The van der Waals surface area contributed by atoms with Gasteiger partial charge in [0.25, 0.3) is 0 Å². The van der Waals surface area contributed by atoms with Crippen molar-refractivity contribution in [2.24, 2.45) is 0 Å². The molecule has 17 heavy (non-hydrogen) atoms. The topological polar surface area (TPSA) is 62.1 Å². The highest BCUT2D eigenvalue weighted by Crippen LogP contribution is 2.31. The van der Waals surface area contributed by atoms with Gasteiger partial charge in [0.05, 0.1) is 13.2 Å². The molecule has 1 amide bonds. The molecule has 0 aromatic heterocycles. The number of nitrogens with zero attached hydrogens (tertiary/aromatic N) is 1. The second-order valence-electron chi connectivity index (χ2n) is 3.91. The van der Waals surface area contributed by atoms with Crippen LogP contribution in [0, 0.1) is 32.1 Å². The number of carbonyl (C=O) groups is 1. The second kappa shape index (κ2) is 5.35. The predicted molar refractivity (Wildman–Crippen MR) is 66.1 cm³/mol. The van der Waals surface area contributed by atoms with E-state index in [0.717, 1.165) is 28.1 Å². The van der Waals surface area contributed by atoms with Crippen LogP contribution in [0.3, 0.4) is 0 Å². The molecule has 0 saturated heterocycles. The molecular formula is C13H16N2O2. The molecule has 0 spiro atoms. The molecule has 4 nitrogen and oxygen atoms in total. The summed E-state index contributed by atoms with van der Waals surface area (Å²) < 4.78 is 5.30. The molecule has 0 aliphatic heterocycles. The van der Waals surface area contributed by atoms with Gasteiger partial charge in [0.1, 0.15) is 12.2 Å². The second-order valence-corrected chi connectivity index (χ2v) is 3.91. The summed E-state index contributed by atoms with van der Waals surface area (Å²) in [6, 6.07) is 3.68. The normalized spacial score (nSPS) is 9.59. The molecule has 1 aromatic carbocycles. The van der Waals surface area contributed by atoms with Crippen molar-refractivity contribution in [2.45, 2.75) is 27.2 Å². The molecule has 0 fully saturated rings. The van der Waals surface area contributed by atoms with Crippen LogP contribution in [0.15, 0.2) is 6.07 Å². The van der Waals surface area contributed by atoms with Gasteiger partial charge in [-0.2, -0.15) is 5.26 Å². The minimum absolute atomic E-state index is 0.135. The summed E-state index contributed by atoms with van der Waals surface area (Å²) in [6.45, 7) is 5.78. The van der Waals surface area contributed by atoms with Crippen LogP contribution in [-0.4, -0.2) is 13.0 Å². The lowest BCUT2D eigenvalue weighted by atomic mass is 10.0. The maximum absolute atomic E-state index is 11.4. The minimum atomic E-state index is -0.292. The van der Waals surface area contributed by atoms with Gasteiger partial charge in [-0.05, 0) is 43.5 Å². The zero-order valence-corrected chi connectivity index (χ0v) is 10.5. The van der Waals surface area contributed by atoms with Crippen LogP contribution in [0.1, 0.15) is 23.1 Å². The van der Waals surface area contributed by atoms with Gasteiger partial charge >= 0.3 is 0 Å². The van der Waals surface area contributed by atoms with Crippen molar-refractivity contribution >= 4 is 11.6 Å². The maximum Gasteiger partial charge on any atom is 0.238 e. The third-order valence-corrected chi connectivity index (χ3v) is 2.74. The number of benzene rings is 1. The fraction of sp³-hybridized carbons (Fsp3) is 0.385. The van der Waals surface area contributed by atoms with Crippen molar-refractivity contribution in [1.82, 2.24) is 0 Å². The molecule has 0 radical (unpaired) electrons. The Hall–Kier alpha value is -2.02. The van der Waals surface area contributed by atoms with Crippen molar-refractivity contribution in [3.8, 4) is 11.8 Å². The number of carbonyl (C=O) groups excluding carboxylic acids is 1. The first-order valence-corrected chi connectivity index (χ1v) is 5.32. The molecule has 90 valence electrons. The van der Waals surface area contributed by atoms with E-state index in [0.29, 0.717) is 0 Å². The van der Waals surface area contributed by atoms with Crippen molar-refractivity contribution < 1.29 is 9.53 Å². The number of amides is 1. The van der Waals surface area contributed by atoms with E-state index in [1.807, 2.05) is 32.9 Å². The van der Waals surface area contributed by atoms with Gasteiger partial charge in [0.2, 0.25) is 5.91 Å². The first-order valence-electron chi connectivity index (χ1n) is 5.32. The summed E-state index contributed by atoms with van der Waals surface area (Å²) in [5.74, 6) is 0.542. The Morgan fingerprint density at radius 2 is 2.06 bits per heavy atom. The summed E-state index contributed by atoms with van der Waals surface area (Å²) in [5.41, 5.74) is 3.66. The monoisotopic (exact) mass is 232 g/mol. The molecule has 0 aliphatic rings. The zero-order chi connectivity index (χ0) is 13.0. The molecular weight excluding hydrogens is 216 g/mol. The number of methoxy groups -OCH3 is 1. The highest BCUT2D eigenvalue weighted by molar-refractivity contribution is 5.93. The van der Waals surface area contributed by atoms with Crippen LogP contribution < -0.4 is 10.1 Å². The molecule has 1 rings (SSSR count). The fourth-order valence-electron chi connectivity index (χ4n) is 1.77. The lowest BCUT2D eigenvalue weighted by molar-refractivity contribution is -0.115. The smallest absolute Gasteiger partial charge is 0.238 e. The van der Waals surface area contributed by atoms with Crippen molar-refractivity contribution in [1.29, 1.82) is 5.26 Å². The number of nitriles is 1. The number of anilines is 1. The average molecular weight is 232 g/mol. The molecule has 1 N–H and O–H groups in total. The lowest BCUT2D eigenvalue weighted by Gasteiger charge is -2.15. The summed E-state index contributed by atoms with van der Waals surface area (Å²) >= 11 is 0. The van der Waals surface area contributed by atoms with E-state index in [9.17, 15) is 4.79 Å². The molecule has 0 heterocycles. The quantitative estimate of drug-likeness (QED) is 0.870. The standard InChI is InChI=1S/C13H16N2O2/c1-8-7-11(15-12(16)5-6-14)9(2)10(3)13(8)17-4/h7H,5H2,1-4H3,(H,15,16). The highest BCUT2D eigenvalue weighted by atomic mass is 16.5. The van der Waals surface area contributed by atoms with E-state index in [-0.39, 0.29) is 12.3 Å². The number of nitrogens with one attached hydrogen (secondary N) is 1. The van der Waals surface area contributed by atoms with E-state index in [1.54, 1.807) is 7.11 Å². The summed E-state index contributed by atoms with van der Waals surface area (Å²) in [7, 11) is 1.63. The summed E-state index contributed by atoms with van der Waals surface area (Å²) in [4.78, 5) is 11.4. The molecule has 0 bridgehead atoms. The Morgan fingerprint density at radius 1 is 1.41 bits per heavy atom. The van der Waals surface area contributed by atoms with Gasteiger partial charge in [-0.25, -0.2) is 0 Å². The Morgan fingerprint density at radius 3 is 2.59 bits per heavy atom. The van der Waals surface area contributed by atoms with Crippen molar-refractivity contribution in [3.63, 3.8) is 0 Å². The van der Waals surface area contributed by atoms with E-state index in [2.05, 4.69) is 5.32 Å². The molecule has 0 aliphatic carbocycles. The number of hydrogen-bond donors (Lipinski definition) is 1. The van der Waals surface area contributed by atoms with E-state index in [1.165, 1.54) is 0 Å². The van der Waals surface area contributed by atoms with Crippen LogP contribution in [0.2, 0.25) is 0 Å². The van der Waals surface area contributed by atoms with E-state index >= 15 is 0 Å². The van der Waals surface area contributed by atoms with E-state index in [4.69, 9.17) is 10.00 Å².